The minimum atomic E-state index is -0.134. The summed E-state index contributed by atoms with van der Waals surface area (Å²) in [6.07, 6.45) is 7.70. The molecule has 0 radical (unpaired) electrons. The van der Waals surface area contributed by atoms with Crippen molar-refractivity contribution in [3.63, 3.8) is 0 Å². The van der Waals surface area contributed by atoms with Crippen molar-refractivity contribution < 1.29 is 14.1 Å². The van der Waals surface area contributed by atoms with Crippen molar-refractivity contribution in [2.24, 2.45) is 5.92 Å². The number of benzene rings is 1. The number of piperidine rings is 1. The minimum Gasteiger partial charge on any atom is -0.439 e. The number of aromatic nitrogens is 2. The van der Waals surface area contributed by atoms with E-state index in [4.69, 9.17) is 9.26 Å². The fraction of sp³-hybridized carbons (Fsp3) is 0.261. The largest absolute Gasteiger partial charge is 0.439 e. The maximum absolute atomic E-state index is 12.4. The zero-order chi connectivity index (χ0) is 20.9. The van der Waals surface area contributed by atoms with Gasteiger partial charge in [-0.25, -0.2) is 9.78 Å². The van der Waals surface area contributed by atoms with Crippen molar-refractivity contribution in [1.82, 2.24) is 15.0 Å². The van der Waals surface area contributed by atoms with E-state index >= 15 is 0 Å². The summed E-state index contributed by atoms with van der Waals surface area (Å²) in [7, 11) is 0. The molecular formula is C23H24N4O3. The first-order chi connectivity index (χ1) is 14.6. The van der Waals surface area contributed by atoms with Crippen LogP contribution >= 0.6 is 0 Å². The number of hydrogen-bond acceptors (Lipinski definition) is 5. The second kappa shape index (κ2) is 8.82. The summed E-state index contributed by atoms with van der Waals surface area (Å²) < 4.78 is 10.6. The van der Waals surface area contributed by atoms with Gasteiger partial charge in [0.15, 0.2) is 0 Å². The van der Waals surface area contributed by atoms with E-state index in [9.17, 15) is 4.79 Å². The molecule has 1 saturated heterocycles. The summed E-state index contributed by atoms with van der Waals surface area (Å²) in [5.74, 6) is 1.58. The molecule has 0 bridgehead atoms. The van der Waals surface area contributed by atoms with E-state index in [2.05, 4.69) is 34.5 Å². The number of aryl methyl sites for hydroxylation is 1. The molecule has 3 aromatic rings. The van der Waals surface area contributed by atoms with E-state index < -0.39 is 0 Å². The van der Waals surface area contributed by atoms with Gasteiger partial charge in [-0.1, -0.05) is 41.9 Å². The zero-order valence-electron chi connectivity index (χ0n) is 17.0. The molecule has 3 heterocycles. The van der Waals surface area contributed by atoms with E-state index in [0.717, 1.165) is 23.3 Å². The van der Waals surface area contributed by atoms with E-state index in [1.54, 1.807) is 6.20 Å². The summed E-state index contributed by atoms with van der Waals surface area (Å²) in [5, 5.41) is 6.40. The first kappa shape index (κ1) is 19.7. The molecule has 0 spiro atoms. The fourth-order valence-corrected chi connectivity index (χ4v) is 3.43. The van der Waals surface area contributed by atoms with Gasteiger partial charge in [-0.15, -0.1) is 0 Å². The summed E-state index contributed by atoms with van der Waals surface area (Å²) in [6, 6.07) is 11.7. The van der Waals surface area contributed by atoms with Gasteiger partial charge >= 0.3 is 6.03 Å². The Kier molecular flexibility index (Phi) is 5.79. The van der Waals surface area contributed by atoms with Crippen LogP contribution in [0.3, 0.4) is 0 Å². The number of pyridine rings is 1. The molecule has 2 amide bonds. The van der Waals surface area contributed by atoms with Gasteiger partial charge < -0.3 is 19.5 Å². The summed E-state index contributed by atoms with van der Waals surface area (Å²) in [5.41, 5.74) is 4.05. The third-order valence-electron chi connectivity index (χ3n) is 5.09. The van der Waals surface area contributed by atoms with Crippen molar-refractivity contribution in [3.05, 3.63) is 71.8 Å². The van der Waals surface area contributed by atoms with E-state index in [-0.39, 0.29) is 11.9 Å². The molecule has 1 aliphatic heterocycles. The normalized spacial score (nSPS) is 17.7. The molecule has 4 rings (SSSR count). The van der Waals surface area contributed by atoms with E-state index in [1.165, 1.54) is 18.0 Å². The average molecular weight is 404 g/mol. The Labute approximate surface area is 175 Å². The van der Waals surface area contributed by atoms with Gasteiger partial charge in [0.25, 0.3) is 0 Å². The molecule has 2 aromatic heterocycles. The van der Waals surface area contributed by atoms with Gasteiger partial charge in [0.05, 0.1) is 6.20 Å². The number of ether oxygens (including phenoxy) is 1. The fourth-order valence-electron chi connectivity index (χ4n) is 3.43. The highest BCUT2D eigenvalue weighted by molar-refractivity contribution is 5.89. The quantitative estimate of drug-likeness (QED) is 0.652. The van der Waals surface area contributed by atoms with Gasteiger partial charge in [-0.2, -0.15) is 0 Å². The van der Waals surface area contributed by atoms with Gasteiger partial charge in [-0.3, -0.25) is 0 Å². The SMILES string of the molecule is Cc1ccc(Oc2cccc(C=C3CCN(C(=O)Nc4cnoc4)CC3C)c2)nc1. The predicted molar refractivity (Wildman–Crippen MR) is 114 cm³/mol. The second-order valence-corrected chi connectivity index (χ2v) is 7.51. The lowest BCUT2D eigenvalue weighted by atomic mass is 9.91. The van der Waals surface area contributed by atoms with Crippen molar-refractivity contribution in [2.75, 3.05) is 18.4 Å². The zero-order valence-corrected chi connectivity index (χ0v) is 17.0. The molecule has 154 valence electrons. The Hall–Kier alpha value is -3.61. The molecule has 1 N–H and O–H groups in total. The van der Waals surface area contributed by atoms with E-state index in [0.29, 0.717) is 24.7 Å². The Morgan fingerprint density at radius 1 is 1.30 bits per heavy atom. The third kappa shape index (κ3) is 4.86. The molecule has 0 saturated carbocycles. The van der Waals surface area contributed by atoms with Crippen LogP contribution in [0.4, 0.5) is 10.5 Å². The van der Waals surface area contributed by atoms with Crippen molar-refractivity contribution in [3.8, 4) is 11.6 Å². The maximum Gasteiger partial charge on any atom is 0.322 e. The highest BCUT2D eigenvalue weighted by Gasteiger charge is 2.24. The second-order valence-electron chi connectivity index (χ2n) is 7.51. The number of hydrogen-bond donors (Lipinski definition) is 1. The standard InChI is InChI=1S/C23H24N4O3/c1-16-6-7-22(24-12-16)30-21-5-3-4-18(11-21)10-19-8-9-27(14-17(19)2)23(28)26-20-13-25-29-15-20/h3-7,10-13,15,17H,8-9,14H2,1-2H3,(H,26,28). The minimum absolute atomic E-state index is 0.134. The lowest BCUT2D eigenvalue weighted by molar-refractivity contribution is 0.198. The van der Waals surface area contributed by atoms with Crippen LogP contribution in [0.1, 0.15) is 24.5 Å². The van der Waals surface area contributed by atoms with E-state index in [1.807, 2.05) is 42.2 Å². The maximum atomic E-state index is 12.4. The van der Waals surface area contributed by atoms with Crippen molar-refractivity contribution >= 4 is 17.8 Å². The number of amides is 2. The third-order valence-corrected chi connectivity index (χ3v) is 5.09. The highest BCUT2D eigenvalue weighted by atomic mass is 16.5. The smallest absolute Gasteiger partial charge is 0.322 e. The van der Waals surface area contributed by atoms with Gasteiger partial charge in [0.2, 0.25) is 5.88 Å². The monoisotopic (exact) mass is 404 g/mol. The number of urea groups is 1. The summed E-state index contributed by atoms with van der Waals surface area (Å²) in [6.45, 7) is 5.46. The molecule has 7 nitrogen and oxygen atoms in total. The predicted octanol–water partition coefficient (Wildman–Crippen LogP) is 5.13. The van der Waals surface area contributed by atoms with Crippen LogP contribution in [0.2, 0.25) is 0 Å². The number of nitrogens with one attached hydrogen (secondary N) is 1. The van der Waals surface area contributed by atoms with Gasteiger partial charge in [0.1, 0.15) is 17.7 Å². The molecule has 1 aromatic carbocycles. The number of nitrogens with zero attached hydrogens (tertiary/aromatic N) is 3. The molecule has 7 heteroatoms. The number of rotatable bonds is 4. The lowest BCUT2D eigenvalue weighted by Crippen LogP contribution is -2.42. The molecule has 1 unspecified atom stereocenters. The molecule has 0 aliphatic carbocycles. The highest BCUT2D eigenvalue weighted by Crippen LogP contribution is 2.27. The first-order valence-corrected chi connectivity index (χ1v) is 9.93. The first-order valence-electron chi connectivity index (χ1n) is 9.93. The number of anilines is 1. The van der Waals surface area contributed by atoms with Gasteiger partial charge in [-0.05, 0) is 42.5 Å². The molecule has 1 aliphatic rings. The summed E-state index contributed by atoms with van der Waals surface area (Å²) >= 11 is 0. The van der Waals surface area contributed by atoms with Crippen LogP contribution < -0.4 is 10.1 Å². The Bertz CT molecular complexity index is 1030. The molecular weight excluding hydrogens is 380 g/mol. The van der Waals surface area contributed by atoms with Crippen molar-refractivity contribution in [2.45, 2.75) is 20.3 Å². The van der Waals surface area contributed by atoms with Crippen LogP contribution in [0.15, 0.2) is 65.2 Å². The van der Waals surface area contributed by atoms with Crippen LogP contribution in [0.5, 0.6) is 11.6 Å². The molecule has 1 fully saturated rings. The van der Waals surface area contributed by atoms with Crippen LogP contribution in [-0.4, -0.2) is 34.2 Å². The number of carbonyl (C=O) groups excluding carboxylic acids is 1. The van der Waals surface area contributed by atoms with Crippen LogP contribution in [0, 0.1) is 12.8 Å². The van der Waals surface area contributed by atoms with Crippen LogP contribution in [0.25, 0.3) is 6.08 Å². The lowest BCUT2D eigenvalue weighted by Gasteiger charge is -2.33. The Balaban J connectivity index is 1.40. The van der Waals surface area contributed by atoms with Crippen molar-refractivity contribution in [1.29, 1.82) is 0 Å². The van der Waals surface area contributed by atoms with Crippen LogP contribution in [-0.2, 0) is 0 Å². The molecule has 30 heavy (non-hydrogen) atoms. The average Bonchev–Trinajstić information content (AvgIpc) is 3.24. The number of carbonyl (C=O) groups is 1. The topological polar surface area (TPSA) is 80.5 Å². The molecule has 1 atom stereocenters. The summed E-state index contributed by atoms with van der Waals surface area (Å²) in [4.78, 5) is 18.5. The van der Waals surface area contributed by atoms with Gasteiger partial charge in [0, 0.05) is 25.4 Å². The Morgan fingerprint density at radius 3 is 2.93 bits per heavy atom. The number of likely N-dealkylation sites (tertiary alicyclic amines) is 1. The Morgan fingerprint density at radius 2 is 2.20 bits per heavy atom.